The number of aryl methyl sites for hydroxylation is 1. The third-order valence-electron chi connectivity index (χ3n) is 2.59. The molecule has 0 aliphatic rings. The van der Waals surface area contributed by atoms with Crippen molar-refractivity contribution in [3.63, 3.8) is 0 Å². The third kappa shape index (κ3) is 4.16. The predicted molar refractivity (Wildman–Crippen MR) is 66.5 cm³/mol. The fraction of sp³-hybridized carbons (Fsp3) is 0.583. The lowest BCUT2D eigenvalue weighted by atomic mass is 10.1. The summed E-state index contributed by atoms with van der Waals surface area (Å²) in [6.07, 6.45) is 3.80. The second-order valence-electron chi connectivity index (χ2n) is 3.84. The molecule has 0 aliphatic heterocycles. The van der Waals surface area contributed by atoms with Gasteiger partial charge in [0, 0.05) is 19.9 Å². The minimum atomic E-state index is 0.664. The van der Waals surface area contributed by atoms with Crippen molar-refractivity contribution in [1.29, 1.82) is 0 Å². The van der Waals surface area contributed by atoms with E-state index in [-0.39, 0.29) is 0 Å². The van der Waals surface area contributed by atoms with Crippen LogP contribution in [0, 0.1) is 6.92 Å². The second-order valence-corrected chi connectivity index (χ2v) is 3.84. The predicted octanol–water partition coefficient (Wildman–Crippen LogP) is 1.14. The Morgan fingerprint density at radius 2 is 2.25 bits per heavy atom. The molecule has 4 heteroatoms. The number of nitrogens with one attached hydrogen (secondary N) is 1. The Morgan fingerprint density at radius 1 is 1.44 bits per heavy atom. The summed E-state index contributed by atoms with van der Waals surface area (Å²) in [7, 11) is 1.71. The number of anilines is 1. The fourth-order valence-electron chi connectivity index (χ4n) is 1.62. The minimum absolute atomic E-state index is 0.664. The van der Waals surface area contributed by atoms with Crippen molar-refractivity contribution in [3.05, 3.63) is 23.4 Å². The van der Waals surface area contributed by atoms with Crippen LogP contribution in [0.4, 0.5) is 5.82 Å². The molecule has 0 saturated carbocycles. The molecule has 0 unspecified atom stereocenters. The summed E-state index contributed by atoms with van der Waals surface area (Å²) < 4.78 is 4.95. The molecule has 0 saturated heterocycles. The molecule has 0 aliphatic carbocycles. The van der Waals surface area contributed by atoms with E-state index < -0.39 is 0 Å². The number of nitrogens with zero attached hydrogens (tertiary/aromatic N) is 1. The molecule has 1 aromatic rings. The lowest BCUT2D eigenvalue weighted by molar-refractivity contribution is 0.199. The maximum atomic E-state index is 5.83. The van der Waals surface area contributed by atoms with Crippen molar-refractivity contribution in [2.45, 2.75) is 19.8 Å². The summed E-state index contributed by atoms with van der Waals surface area (Å²) >= 11 is 0. The summed E-state index contributed by atoms with van der Waals surface area (Å²) in [5.74, 6) is 0.664. The van der Waals surface area contributed by atoms with E-state index in [1.165, 1.54) is 11.1 Å². The first-order valence-electron chi connectivity index (χ1n) is 5.65. The van der Waals surface area contributed by atoms with Crippen LogP contribution in [0.3, 0.4) is 0 Å². The Morgan fingerprint density at radius 3 is 2.94 bits per heavy atom. The first kappa shape index (κ1) is 12.9. The van der Waals surface area contributed by atoms with Crippen molar-refractivity contribution in [3.8, 4) is 0 Å². The van der Waals surface area contributed by atoms with Gasteiger partial charge in [0.1, 0.15) is 5.82 Å². The van der Waals surface area contributed by atoms with Crippen LogP contribution in [0.5, 0.6) is 0 Å². The number of hydrogen-bond donors (Lipinski definition) is 2. The van der Waals surface area contributed by atoms with Crippen LogP contribution in [0.15, 0.2) is 12.3 Å². The smallest absolute Gasteiger partial charge is 0.126 e. The van der Waals surface area contributed by atoms with Crippen molar-refractivity contribution in [2.75, 3.05) is 32.5 Å². The number of hydrogen-bond acceptors (Lipinski definition) is 4. The molecule has 90 valence electrons. The van der Waals surface area contributed by atoms with Gasteiger partial charge >= 0.3 is 0 Å². The zero-order chi connectivity index (χ0) is 11.8. The maximum absolute atomic E-state index is 5.83. The molecule has 0 aromatic carbocycles. The molecule has 0 spiro atoms. The summed E-state index contributed by atoms with van der Waals surface area (Å²) in [6.45, 7) is 4.72. The maximum Gasteiger partial charge on any atom is 0.126 e. The highest BCUT2D eigenvalue weighted by atomic mass is 16.5. The standard InChI is InChI=1S/C12H21N3O/c1-10-5-7-15-12(13)11(10)4-3-6-14-8-9-16-2/h5,7,14H,3-4,6,8-9H2,1-2H3,(H2,13,15). The molecule has 0 bridgehead atoms. The number of nitrogens with two attached hydrogens (primary N) is 1. The van der Waals surface area contributed by atoms with E-state index in [9.17, 15) is 0 Å². The number of ether oxygens (including phenoxy) is 1. The average Bonchev–Trinajstić information content (AvgIpc) is 2.26. The van der Waals surface area contributed by atoms with Gasteiger partial charge in [0.05, 0.1) is 6.61 Å². The summed E-state index contributed by atoms with van der Waals surface area (Å²) in [5.41, 5.74) is 8.24. The van der Waals surface area contributed by atoms with Gasteiger partial charge in [0.2, 0.25) is 0 Å². The third-order valence-corrected chi connectivity index (χ3v) is 2.59. The molecule has 1 heterocycles. The molecule has 1 aromatic heterocycles. The largest absolute Gasteiger partial charge is 0.383 e. The van der Waals surface area contributed by atoms with Gasteiger partial charge in [-0.15, -0.1) is 0 Å². The number of rotatable bonds is 7. The minimum Gasteiger partial charge on any atom is -0.383 e. The molecule has 0 fully saturated rings. The van der Waals surface area contributed by atoms with Crippen LogP contribution in [0.2, 0.25) is 0 Å². The average molecular weight is 223 g/mol. The van der Waals surface area contributed by atoms with Gasteiger partial charge in [-0.05, 0) is 43.5 Å². The highest BCUT2D eigenvalue weighted by Crippen LogP contribution is 2.14. The SMILES string of the molecule is COCCNCCCc1c(C)ccnc1N. The zero-order valence-corrected chi connectivity index (χ0v) is 10.1. The fourth-order valence-corrected chi connectivity index (χ4v) is 1.62. The van der Waals surface area contributed by atoms with Crippen molar-refractivity contribution in [2.24, 2.45) is 0 Å². The van der Waals surface area contributed by atoms with Crippen LogP contribution < -0.4 is 11.1 Å². The molecule has 4 nitrogen and oxygen atoms in total. The quantitative estimate of drug-likeness (QED) is 0.681. The van der Waals surface area contributed by atoms with Gasteiger partial charge in [-0.1, -0.05) is 0 Å². The molecule has 0 atom stereocenters. The van der Waals surface area contributed by atoms with Crippen LogP contribution in [-0.2, 0) is 11.2 Å². The summed E-state index contributed by atoms with van der Waals surface area (Å²) in [4.78, 5) is 4.11. The molecular weight excluding hydrogens is 202 g/mol. The number of methoxy groups -OCH3 is 1. The zero-order valence-electron chi connectivity index (χ0n) is 10.1. The Balaban J connectivity index is 2.26. The van der Waals surface area contributed by atoms with Gasteiger partial charge in [0.15, 0.2) is 0 Å². The molecular formula is C12H21N3O. The second kappa shape index (κ2) is 7.19. The Kier molecular flexibility index (Phi) is 5.82. The van der Waals surface area contributed by atoms with Crippen LogP contribution in [0.1, 0.15) is 17.5 Å². The summed E-state index contributed by atoms with van der Waals surface area (Å²) in [5, 5.41) is 3.31. The summed E-state index contributed by atoms with van der Waals surface area (Å²) in [6, 6.07) is 2.00. The highest BCUT2D eigenvalue weighted by Gasteiger charge is 2.03. The number of pyridine rings is 1. The van der Waals surface area contributed by atoms with Gasteiger partial charge < -0.3 is 15.8 Å². The molecule has 0 radical (unpaired) electrons. The topological polar surface area (TPSA) is 60.2 Å². The molecule has 1 rings (SSSR count). The molecule has 0 amide bonds. The normalized spacial score (nSPS) is 10.6. The van der Waals surface area contributed by atoms with Crippen molar-refractivity contribution >= 4 is 5.82 Å². The van der Waals surface area contributed by atoms with E-state index in [2.05, 4.69) is 17.2 Å². The van der Waals surface area contributed by atoms with Crippen LogP contribution in [-0.4, -0.2) is 31.8 Å². The van der Waals surface area contributed by atoms with E-state index in [0.717, 1.165) is 32.5 Å². The molecule has 16 heavy (non-hydrogen) atoms. The van der Waals surface area contributed by atoms with Crippen LogP contribution >= 0.6 is 0 Å². The van der Waals surface area contributed by atoms with Crippen molar-refractivity contribution < 1.29 is 4.74 Å². The Bertz CT molecular complexity index is 295. The Labute approximate surface area is 97.2 Å². The number of nitrogen functional groups attached to an aromatic ring is 1. The first-order chi connectivity index (χ1) is 7.75. The van der Waals surface area contributed by atoms with Gasteiger partial charge in [-0.3, -0.25) is 0 Å². The van der Waals surface area contributed by atoms with E-state index in [4.69, 9.17) is 10.5 Å². The number of aromatic nitrogens is 1. The van der Waals surface area contributed by atoms with Crippen molar-refractivity contribution in [1.82, 2.24) is 10.3 Å². The highest BCUT2D eigenvalue weighted by molar-refractivity contribution is 5.43. The van der Waals surface area contributed by atoms with Gasteiger partial charge in [-0.2, -0.15) is 0 Å². The first-order valence-corrected chi connectivity index (χ1v) is 5.65. The Hall–Kier alpha value is -1.13. The molecule has 3 N–H and O–H groups in total. The van der Waals surface area contributed by atoms with Gasteiger partial charge in [0.25, 0.3) is 0 Å². The monoisotopic (exact) mass is 223 g/mol. The van der Waals surface area contributed by atoms with E-state index in [0.29, 0.717) is 5.82 Å². The lowest BCUT2D eigenvalue weighted by Crippen LogP contribution is -2.20. The van der Waals surface area contributed by atoms with E-state index >= 15 is 0 Å². The van der Waals surface area contributed by atoms with Gasteiger partial charge in [-0.25, -0.2) is 4.98 Å². The van der Waals surface area contributed by atoms with E-state index in [1.807, 2.05) is 6.07 Å². The van der Waals surface area contributed by atoms with Crippen LogP contribution in [0.25, 0.3) is 0 Å². The lowest BCUT2D eigenvalue weighted by Gasteiger charge is -2.08. The van der Waals surface area contributed by atoms with E-state index in [1.54, 1.807) is 13.3 Å².